The van der Waals surface area contributed by atoms with Crippen molar-refractivity contribution in [2.75, 3.05) is 13.2 Å². The van der Waals surface area contributed by atoms with E-state index >= 15 is 0 Å². The van der Waals surface area contributed by atoms with Gasteiger partial charge in [-0.25, -0.2) is 0 Å². The van der Waals surface area contributed by atoms with Crippen molar-refractivity contribution in [3.05, 3.63) is 12.2 Å². The number of hydrogen-bond acceptors (Lipinski definition) is 19. The van der Waals surface area contributed by atoms with Crippen LogP contribution in [0.2, 0.25) is 0 Å². The van der Waals surface area contributed by atoms with Crippen LogP contribution in [0, 0.1) is 44.8 Å². The van der Waals surface area contributed by atoms with Crippen LogP contribution in [0.5, 0.6) is 0 Å². The Kier molecular flexibility index (Phi) is 12.3. The van der Waals surface area contributed by atoms with E-state index in [4.69, 9.17) is 42.6 Å². The summed E-state index contributed by atoms with van der Waals surface area (Å²) in [7, 11) is 0. The molecule has 1 spiro atoms. The van der Waals surface area contributed by atoms with Crippen molar-refractivity contribution < 1.29 is 93.1 Å². The number of carbonyl (C=O) groups is 2. The first-order chi connectivity index (χ1) is 31.9. The van der Waals surface area contributed by atoms with Crippen molar-refractivity contribution in [2.24, 2.45) is 44.8 Å². The normalized spacial score (nSPS) is 56.8. The van der Waals surface area contributed by atoms with E-state index in [2.05, 4.69) is 41.2 Å². The van der Waals surface area contributed by atoms with Gasteiger partial charge in [-0.05, 0) is 92.8 Å². The molecule has 19 heteroatoms. The minimum Gasteiger partial charge on any atom is -0.463 e. The summed E-state index contributed by atoms with van der Waals surface area (Å²) in [5.74, 6) is -0.501. The Morgan fingerprint density at radius 3 is 2.07 bits per heavy atom. The molecule has 2 bridgehead atoms. The molecule has 68 heavy (non-hydrogen) atoms. The Bertz CT molecular complexity index is 1980. The highest BCUT2D eigenvalue weighted by Gasteiger charge is 2.89. The summed E-state index contributed by atoms with van der Waals surface area (Å²) >= 11 is 0. The minimum absolute atomic E-state index is 0.0282. The molecule has 8 N–H and O–H groups in total. The molecule has 10 aliphatic rings. The third-order valence-electron chi connectivity index (χ3n) is 20.2. The van der Waals surface area contributed by atoms with Crippen molar-refractivity contribution in [2.45, 2.75) is 222 Å². The van der Waals surface area contributed by atoms with E-state index in [9.17, 15) is 50.4 Å². The third kappa shape index (κ3) is 6.84. The van der Waals surface area contributed by atoms with Gasteiger partial charge in [0.05, 0.1) is 30.3 Å². The van der Waals surface area contributed by atoms with Crippen LogP contribution in [-0.2, 0) is 52.2 Å². The summed E-state index contributed by atoms with van der Waals surface area (Å²) in [5.41, 5.74) is -1.47. The fraction of sp³-hybridized carbons (Fsp3) is 0.918. The number of allylic oxidation sites excluding steroid dienone is 1. The SMILES string of the molecule is C=C1CC[C@@]23CC[C@]4(C)[C@](OC2=O)([C@H]2O[C@H]2[C@@H]2[C@@]5(C)CC[C@H](O[C@@H]6O[C@H](COC(C)=O)[C@@H](O)[C@H](O[C@@H]7O[C@H](CO)[C@@H](O)[C@H](O)[C@H]7O)[C@H]6O[C@@H]6O[C@@H](C)[C@H](O)[C@@H](O)[C@H]6O)C(C)(C)[C@H]5CC[C@]24C)[C@H]3C1. The lowest BCUT2D eigenvalue weighted by molar-refractivity contribution is -0.398. The second-order valence-corrected chi connectivity index (χ2v) is 23.6. The smallest absolute Gasteiger partial charge is 0.313 e. The number of epoxide rings is 1. The highest BCUT2D eigenvalue weighted by atomic mass is 16.8. The Morgan fingerprint density at radius 2 is 1.38 bits per heavy atom. The molecule has 10 rings (SSSR count). The first kappa shape index (κ1) is 49.6. The zero-order valence-electron chi connectivity index (χ0n) is 40.2. The molecule has 0 aromatic rings. The highest BCUT2D eigenvalue weighted by molar-refractivity contribution is 5.82. The van der Waals surface area contributed by atoms with Crippen molar-refractivity contribution in [3.8, 4) is 0 Å². The number of carbonyl (C=O) groups excluding carboxylic acids is 2. The van der Waals surface area contributed by atoms with Gasteiger partial charge in [0, 0.05) is 18.3 Å². The number of aliphatic hydroxyl groups is 8. The zero-order valence-corrected chi connectivity index (χ0v) is 40.2. The molecule has 5 aliphatic carbocycles. The second kappa shape index (κ2) is 16.8. The molecular weight excluding hydrogens is 893 g/mol. The highest BCUT2D eigenvalue weighted by Crippen LogP contribution is 2.83. The van der Waals surface area contributed by atoms with Crippen molar-refractivity contribution >= 4 is 11.9 Å². The fourth-order valence-corrected chi connectivity index (χ4v) is 16.4. The van der Waals surface area contributed by atoms with E-state index in [1.54, 1.807) is 0 Å². The van der Waals surface area contributed by atoms with E-state index in [-0.39, 0.29) is 52.2 Å². The quantitative estimate of drug-likeness (QED) is 0.0676. The van der Waals surface area contributed by atoms with Crippen LogP contribution >= 0.6 is 0 Å². The van der Waals surface area contributed by atoms with Gasteiger partial charge in [-0.3, -0.25) is 9.59 Å². The third-order valence-corrected chi connectivity index (χ3v) is 20.2. The van der Waals surface area contributed by atoms with Gasteiger partial charge in [-0.15, -0.1) is 0 Å². The van der Waals surface area contributed by atoms with Gasteiger partial charge < -0.3 is 83.5 Å². The number of ether oxygens (including phenoxy) is 9. The maximum Gasteiger partial charge on any atom is 0.313 e. The maximum absolute atomic E-state index is 14.1. The monoisotopic (exact) mass is 966 g/mol. The molecule has 384 valence electrons. The lowest BCUT2D eigenvalue weighted by atomic mass is 9.31. The van der Waals surface area contributed by atoms with Crippen molar-refractivity contribution in [3.63, 3.8) is 0 Å². The molecule has 5 saturated carbocycles. The van der Waals surface area contributed by atoms with E-state index in [1.165, 1.54) is 19.4 Å². The zero-order chi connectivity index (χ0) is 49.0. The van der Waals surface area contributed by atoms with Crippen LogP contribution in [0.4, 0.5) is 0 Å². The van der Waals surface area contributed by atoms with Gasteiger partial charge in [-0.1, -0.05) is 46.8 Å². The Morgan fingerprint density at radius 1 is 0.721 bits per heavy atom. The van der Waals surface area contributed by atoms with Crippen LogP contribution in [0.1, 0.15) is 106 Å². The van der Waals surface area contributed by atoms with E-state index < -0.39 is 134 Å². The summed E-state index contributed by atoms with van der Waals surface area (Å²) in [4.78, 5) is 26.3. The summed E-state index contributed by atoms with van der Waals surface area (Å²) in [6.07, 6.45) is -18.0. The van der Waals surface area contributed by atoms with Crippen molar-refractivity contribution in [1.29, 1.82) is 0 Å². The van der Waals surface area contributed by atoms with E-state index in [0.29, 0.717) is 6.42 Å². The van der Waals surface area contributed by atoms with Gasteiger partial charge in [0.25, 0.3) is 0 Å². The van der Waals surface area contributed by atoms with Crippen LogP contribution in [0.25, 0.3) is 0 Å². The minimum atomic E-state index is -1.90. The first-order valence-corrected chi connectivity index (χ1v) is 24.9. The molecule has 0 aromatic heterocycles. The summed E-state index contributed by atoms with van der Waals surface area (Å²) in [6.45, 7) is 17.3. The topological polar surface area (TPSA) is 282 Å². The Balaban J connectivity index is 0.967. The molecule has 0 unspecified atom stereocenters. The second-order valence-electron chi connectivity index (χ2n) is 23.6. The fourth-order valence-electron chi connectivity index (χ4n) is 16.4. The summed E-state index contributed by atoms with van der Waals surface area (Å²) in [6, 6.07) is 0. The van der Waals surface area contributed by atoms with Gasteiger partial charge in [0.15, 0.2) is 24.5 Å². The van der Waals surface area contributed by atoms with Crippen LogP contribution in [0.15, 0.2) is 12.2 Å². The predicted octanol–water partition coefficient (Wildman–Crippen LogP) is 0.497. The molecule has 0 aromatic carbocycles. The molecule has 26 atom stereocenters. The lowest BCUT2D eigenvalue weighted by Gasteiger charge is -2.72. The molecule has 5 aliphatic heterocycles. The molecule has 5 heterocycles. The van der Waals surface area contributed by atoms with Gasteiger partial charge >= 0.3 is 11.9 Å². The van der Waals surface area contributed by atoms with Gasteiger partial charge in [-0.2, -0.15) is 0 Å². The molecular formula is C49H74O19. The molecule has 10 fully saturated rings. The van der Waals surface area contributed by atoms with Crippen molar-refractivity contribution in [1.82, 2.24) is 0 Å². The Labute approximate surface area is 396 Å². The lowest BCUT2D eigenvalue weighted by Crippen LogP contribution is -2.74. The first-order valence-electron chi connectivity index (χ1n) is 24.9. The van der Waals surface area contributed by atoms with Crippen LogP contribution in [0.3, 0.4) is 0 Å². The number of esters is 2. The predicted molar refractivity (Wildman–Crippen MR) is 231 cm³/mol. The molecule has 0 radical (unpaired) electrons. The average Bonchev–Trinajstić information content (AvgIpc) is 4.05. The largest absolute Gasteiger partial charge is 0.463 e. The molecule has 19 nitrogen and oxygen atoms in total. The van der Waals surface area contributed by atoms with Crippen LogP contribution in [-0.4, -0.2) is 182 Å². The van der Waals surface area contributed by atoms with E-state index in [1.807, 2.05) is 0 Å². The number of rotatable bonds is 9. The maximum atomic E-state index is 14.1. The van der Waals surface area contributed by atoms with Crippen LogP contribution < -0.4 is 0 Å². The molecule has 0 amide bonds. The number of aliphatic hydroxyl groups excluding tert-OH is 8. The average molecular weight is 967 g/mol. The number of hydrogen-bond donors (Lipinski definition) is 8. The summed E-state index contributed by atoms with van der Waals surface area (Å²) < 4.78 is 56.9. The number of fused-ring (bicyclic) bond motifs is 6. The van der Waals surface area contributed by atoms with E-state index in [0.717, 1.165) is 51.4 Å². The van der Waals surface area contributed by atoms with Gasteiger partial charge in [0.2, 0.25) is 0 Å². The summed E-state index contributed by atoms with van der Waals surface area (Å²) in [5, 5.41) is 86.9. The Hall–Kier alpha value is -1.92. The van der Waals surface area contributed by atoms with Gasteiger partial charge in [0.1, 0.15) is 79.9 Å². The molecule has 5 saturated heterocycles. The standard InChI is InChI=1S/C49H74O19/c1-20-9-14-48-16-15-47(8)46(7)13-10-25-44(4,5)27(11-12-45(25,6)38(46)37-39(65-37)49(47,26(48)17-20)68-43(48)59)64-42-36(67-40-33(57)31(55)28(52)21(2)61-40)35(30(54)24(63-42)19-60-22(3)51)66-41-34(58)32(56)29(53)23(18-50)62-41/h21,23-42,50,52-58H,1,9-19H2,2-8H3/t21-,23+,24+,25+,26-,27-,28-,29+,30+,31+,32-,33+,34+,35-,36+,37-,38+,39-,40-,41-,42-,45-,46+,47-,48-,49+/m0/s1.